The number of aromatic nitrogens is 1. The first kappa shape index (κ1) is 22.7. The topological polar surface area (TPSA) is 94.9 Å². The fourth-order valence-electron chi connectivity index (χ4n) is 3.35. The smallest absolute Gasteiger partial charge is 0.495 e. The SMILES string of the molecule is COC(=O)c1cn2c(cc1=O)-c1cc(OC)c(S(=O)(=O)C(F)(F)F)cc1CN2C(C)C. The van der Waals surface area contributed by atoms with Crippen LogP contribution in [0.4, 0.5) is 13.2 Å². The molecule has 3 rings (SSSR count). The molecule has 12 heteroatoms. The van der Waals surface area contributed by atoms with Gasteiger partial charge in [0.1, 0.15) is 16.2 Å². The molecule has 0 N–H and O–H groups in total. The molecule has 0 radical (unpaired) electrons. The number of fused-ring (bicyclic) bond motifs is 3. The number of alkyl halides is 3. The van der Waals surface area contributed by atoms with E-state index in [-0.39, 0.29) is 29.4 Å². The van der Waals surface area contributed by atoms with E-state index in [0.29, 0.717) is 5.56 Å². The summed E-state index contributed by atoms with van der Waals surface area (Å²) in [5, 5.41) is 1.67. The van der Waals surface area contributed by atoms with Gasteiger partial charge in [-0.25, -0.2) is 13.2 Å². The molecule has 0 amide bonds. The molecule has 2 aromatic rings. The molecule has 0 bridgehead atoms. The second-order valence-corrected chi connectivity index (χ2v) is 8.98. The molecule has 0 saturated carbocycles. The summed E-state index contributed by atoms with van der Waals surface area (Å²) in [7, 11) is -3.49. The fraction of sp³-hybridized carbons (Fsp3) is 0.368. The van der Waals surface area contributed by atoms with Crippen molar-refractivity contribution in [3.63, 3.8) is 0 Å². The normalized spacial score (nSPS) is 13.6. The highest BCUT2D eigenvalue weighted by molar-refractivity contribution is 7.92. The van der Waals surface area contributed by atoms with Crippen molar-refractivity contribution in [3.8, 4) is 17.0 Å². The van der Waals surface area contributed by atoms with Gasteiger partial charge < -0.3 is 14.5 Å². The van der Waals surface area contributed by atoms with Gasteiger partial charge >= 0.3 is 11.5 Å². The minimum absolute atomic E-state index is 0.0217. The van der Waals surface area contributed by atoms with Crippen LogP contribution in [0.15, 0.2) is 34.1 Å². The molecule has 168 valence electrons. The third-order valence-electron chi connectivity index (χ3n) is 4.90. The zero-order valence-electron chi connectivity index (χ0n) is 17.0. The summed E-state index contributed by atoms with van der Waals surface area (Å²) in [5.41, 5.74) is -5.55. The van der Waals surface area contributed by atoms with Crippen molar-refractivity contribution in [1.82, 2.24) is 4.68 Å². The van der Waals surface area contributed by atoms with Gasteiger partial charge in [-0.05, 0) is 31.5 Å². The summed E-state index contributed by atoms with van der Waals surface area (Å²) in [5.74, 6) is -1.34. The average molecular weight is 460 g/mol. The van der Waals surface area contributed by atoms with Crippen LogP contribution >= 0.6 is 0 Å². The summed E-state index contributed by atoms with van der Waals surface area (Å²) < 4.78 is 74.7. The van der Waals surface area contributed by atoms with Crippen molar-refractivity contribution in [3.05, 3.63) is 45.7 Å². The standard InChI is InChI=1S/C19H19F3N2O6S/c1-10(2)23-8-11-5-17(31(27,28)19(20,21)22)16(29-3)6-12(11)14-7-15(25)13(9-24(14)23)18(26)30-4/h5-7,9-10H,8H2,1-4H3. The van der Waals surface area contributed by atoms with Gasteiger partial charge in [0, 0.05) is 23.9 Å². The second-order valence-electron chi connectivity index (χ2n) is 7.07. The van der Waals surface area contributed by atoms with Crippen LogP contribution in [0.2, 0.25) is 0 Å². The van der Waals surface area contributed by atoms with Crippen molar-refractivity contribution < 1.29 is 35.9 Å². The van der Waals surface area contributed by atoms with E-state index in [2.05, 4.69) is 4.74 Å². The maximum absolute atomic E-state index is 13.2. The van der Waals surface area contributed by atoms with Crippen LogP contribution in [-0.4, -0.2) is 44.8 Å². The van der Waals surface area contributed by atoms with Crippen molar-refractivity contribution in [2.24, 2.45) is 0 Å². The molecule has 1 aromatic heterocycles. The van der Waals surface area contributed by atoms with E-state index >= 15 is 0 Å². The summed E-state index contributed by atoms with van der Waals surface area (Å²) in [4.78, 5) is 23.4. The number of hydrogen-bond acceptors (Lipinski definition) is 7. The van der Waals surface area contributed by atoms with E-state index in [1.54, 1.807) is 18.9 Å². The number of rotatable bonds is 4. The Labute approximate surface area is 175 Å². The van der Waals surface area contributed by atoms with Gasteiger partial charge in [0.15, 0.2) is 5.43 Å². The number of carbonyl (C=O) groups excluding carboxylic acids is 1. The third-order valence-corrected chi connectivity index (χ3v) is 6.41. The zero-order chi connectivity index (χ0) is 23.3. The molecule has 8 nitrogen and oxygen atoms in total. The van der Waals surface area contributed by atoms with Crippen LogP contribution in [0.1, 0.15) is 29.8 Å². The Balaban J connectivity index is 2.34. The Morgan fingerprint density at radius 1 is 1.16 bits per heavy atom. The number of benzene rings is 1. The second kappa shape index (κ2) is 7.59. The minimum Gasteiger partial charge on any atom is -0.495 e. The van der Waals surface area contributed by atoms with Gasteiger partial charge in [0.05, 0.1) is 26.5 Å². The van der Waals surface area contributed by atoms with Crippen molar-refractivity contribution in [1.29, 1.82) is 0 Å². The average Bonchev–Trinajstić information content (AvgIpc) is 2.70. The number of methoxy groups -OCH3 is 2. The first-order valence-electron chi connectivity index (χ1n) is 8.98. The molecule has 1 aliphatic heterocycles. The van der Waals surface area contributed by atoms with Gasteiger partial charge in [0.2, 0.25) is 0 Å². The number of nitrogens with zero attached hydrogens (tertiary/aromatic N) is 2. The molecular weight excluding hydrogens is 441 g/mol. The van der Waals surface area contributed by atoms with Crippen LogP contribution in [0.3, 0.4) is 0 Å². The number of esters is 1. The predicted octanol–water partition coefficient (Wildman–Crippen LogP) is 2.46. The Kier molecular flexibility index (Phi) is 5.55. The van der Waals surface area contributed by atoms with E-state index < -0.39 is 37.4 Å². The van der Waals surface area contributed by atoms with Crippen LogP contribution in [0.5, 0.6) is 5.75 Å². The number of carbonyl (C=O) groups is 1. The lowest BCUT2D eigenvalue weighted by atomic mass is 9.99. The van der Waals surface area contributed by atoms with Crippen LogP contribution in [0, 0.1) is 0 Å². The van der Waals surface area contributed by atoms with E-state index in [0.717, 1.165) is 32.4 Å². The number of sulfone groups is 1. The van der Waals surface area contributed by atoms with E-state index in [9.17, 15) is 31.2 Å². The Hall–Kier alpha value is -3.02. The molecule has 0 saturated heterocycles. The minimum atomic E-state index is -5.67. The van der Waals surface area contributed by atoms with Gasteiger partial charge in [-0.3, -0.25) is 9.47 Å². The van der Waals surface area contributed by atoms with Crippen LogP contribution < -0.4 is 15.2 Å². The molecular formula is C19H19F3N2O6S. The Morgan fingerprint density at radius 2 is 1.81 bits per heavy atom. The first-order valence-corrected chi connectivity index (χ1v) is 10.5. The van der Waals surface area contributed by atoms with Gasteiger partial charge in [0.25, 0.3) is 9.84 Å². The van der Waals surface area contributed by atoms with Crippen LogP contribution in [0.25, 0.3) is 11.3 Å². The third kappa shape index (κ3) is 3.64. The molecule has 31 heavy (non-hydrogen) atoms. The molecule has 0 atom stereocenters. The lowest BCUT2D eigenvalue weighted by Crippen LogP contribution is -2.44. The maximum atomic E-state index is 13.2. The molecule has 1 aromatic carbocycles. The Bertz CT molecular complexity index is 1220. The van der Waals surface area contributed by atoms with E-state index in [1.165, 1.54) is 10.9 Å². The highest BCUT2D eigenvalue weighted by Crippen LogP contribution is 2.41. The largest absolute Gasteiger partial charge is 0.502 e. The number of ether oxygens (including phenoxy) is 2. The lowest BCUT2D eigenvalue weighted by Gasteiger charge is -2.38. The lowest BCUT2D eigenvalue weighted by molar-refractivity contribution is -0.0437. The summed E-state index contributed by atoms with van der Waals surface area (Å²) in [6, 6.07) is 2.99. The summed E-state index contributed by atoms with van der Waals surface area (Å²) >= 11 is 0. The highest BCUT2D eigenvalue weighted by atomic mass is 32.2. The fourth-order valence-corrected chi connectivity index (χ4v) is 4.30. The maximum Gasteiger partial charge on any atom is 0.502 e. The van der Waals surface area contributed by atoms with Gasteiger partial charge in [-0.15, -0.1) is 0 Å². The molecule has 0 fully saturated rings. The molecule has 2 heterocycles. The van der Waals surface area contributed by atoms with Gasteiger partial charge in [-0.2, -0.15) is 13.2 Å². The molecule has 1 aliphatic rings. The van der Waals surface area contributed by atoms with E-state index in [4.69, 9.17) is 4.74 Å². The molecule has 0 aliphatic carbocycles. The van der Waals surface area contributed by atoms with Gasteiger partial charge in [-0.1, -0.05) is 0 Å². The highest BCUT2D eigenvalue weighted by Gasteiger charge is 2.49. The first-order chi connectivity index (χ1) is 14.3. The van der Waals surface area contributed by atoms with Crippen molar-refractivity contribution >= 4 is 15.8 Å². The number of halogens is 3. The Morgan fingerprint density at radius 3 is 2.32 bits per heavy atom. The van der Waals surface area contributed by atoms with Crippen molar-refractivity contribution in [2.75, 3.05) is 19.2 Å². The van der Waals surface area contributed by atoms with Crippen LogP contribution in [-0.2, 0) is 21.1 Å². The monoisotopic (exact) mass is 460 g/mol. The summed E-state index contributed by atoms with van der Waals surface area (Å²) in [6.45, 7) is 3.61. The van der Waals surface area contributed by atoms with E-state index in [1.807, 2.05) is 0 Å². The number of hydrogen-bond donors (Lipinski definition) is 0. The van der Waals surface area contributed by atoms with Crippen molar-refractivity contribution in [2.45, 2.75) is 36.8 Å². The molecule has 0 unspecified atom stereocenters. The quantitative estimate of drug-likeness (QED) is 0.647. The number of pyridine rings is 1. The summed E-state index contributed by atoms with van der Waals surface area (Å²) in [6.07, 6.45) is 1.29. The molecule has 0 spiro atoms. The zero-order valence-corrected chi connectivity index (χ0v) is 17.8. The predicted molar refractivity (Wildman–Crippen MR) is 104 cm³/mol.